The average Bonchev–Trinajstić information content (AvgIpc) is 2.50. The Morgan fingerprint density at radius 3 is 2.45 bits per heavy atom. The van der Waals surface area contributed by atoms with Crippen molar-refractivity contribution in [1.82, 2.24) is 10.6 Å². The fourth-order valence-corrected chi connectivity index (χ4v) is 1.56. The molecule has 1 aromatic carbocycles. The third-order valence-corrected chi connectivity index (χ3v) is 2.76. The van der Waals surface area contributed by atoms with Gasteiger partial charge in [-0.15, -0.1) is 0 Å². The predicted molar refractivity (Wildman–Crippen MR) is 79.3 cm³/mol. The fourth-order valence-electron chi connectivity index (χ4n) is 1.56. The van der Waals surface area contributed by atoms with Crippen LogP contribution in [0.25, 0.3) is 0 Å². The minimum Gasteiger partial charge on any atom is -0.508 e. The molecule has 0 aromatic heterocycles. The highest BCUT2D eigenvalue weighted by atomic mass is 16.5. The number of amides is 2. The van der Waals surface area contributed by atoms with Crippen molar-refractivity contribution in [2.45, 2.75) is 26.3 Å². The van der Waals surface area contributed by atoms with Crippen molar-refractivity contribution in [3.05, 3.63) is 29.8 Å². The van der Waals surface area contributed by atoms with Gasteiger partial charge in [0.2, 0.25) is 5.91 Å². The molecule has 0 aliphatic rings. The summed E-state index contributed by atoms with van der Waals surface area (Å²) in [7, 11) is 0. The van der Waals surface area contributed by atoms with E-state index in [1.807, 2.05) is 6.92 Å². The average molecular weight is 308 g/mol. The molecular formula is C15H20N2O5. The number of ether oxygens (including phenoxy) is 1. The van der Waals surface area contributed by atoms with Crippen LogP contribution < -0.4 is 10.6 Å². The van der Waals surface area contributed by atoms with E-state index in [9.17, 15) is 14.4 Å². The first-order valence-corrected chi connectivity index (χ1v) is 6.97. The summed E-state index contributed by atoms with van der Waals surface area (Å²) in [6.45, 7) is 3.52. The van der Waals surface area contributed by atoms with E-state index >= 15 is 0 Å². The van der Waals surface area contributed by atoms with Crippen molar-refractivity contribution in [3.63, 3.8) is 0 Å². The standard InChI is InChI=1S/C15H20N2O5/c1-3-8-16-14(20)10(2)17-13(19)9-22-15(21)11-4-6-12(18)7-5-11/h4-7,10,18H,3,8-9H2,1-2H3,(H,16,20)(H,17,19)/t10-/m1/s1. The molecule has 120 valence electrons. The van der Waals surface area contributed by atoms with Gasteiger partial charge < -0.3 is 20.5 Å². The maximum atomic E-state index is 11.7. The van der Waals surface area contributed by atoms with Crippen molar-refractivity contribution in [1.29, 1.82) is 0 Å². The molecule has 0 aliphatic heterocycles. The number of hydrogen-bond acceptors (Lipinski definition) is 5. The highest BCUT2D eigenvalue weighted by Crippen LogP contribution is 2.10. The number of aromatic hydroxyl groups is 1. The minimum atomic E-state index is -0.702. The maximum absolute atomic E-state index is 11.7. The predicted octanol–water partition coefficient (Wildman–Crippen LogP) is 0.580. The van der Waals surface area contributed by atoms with Gasteiger partial charge >= 0.3 is 5.97 Å². The van der Waals surface area contributed by atoms with Crippen LogP contribution in [0.1, 0.15) is 30.6 Å². The first-order valence-electron chi connectivity index (χ1n) is 6.97. The van der Waals surface area contributed by atoms with Crippen LogP contribution >= 0.6 is 0 Å². The summed E-state index contributed by atoms with van der Waals surface area (Å²) in [5.74, 6) is -1.51. The summed E-state index contributed by atoms with van der Waals surface area (Å²) in [6, 6.07) is 4.76. The van der Waals surface area contributed by atoms with E-state index in [2.05, 4.69) is 10.6 Å². The quantitative estimate of drug-likeness (QED) is 0.639. The number of phenolic OH excluding ortho intramolecular Hbond substituents is 1. The number of carbonyl (C=O) groups excluding carboxylic acids is 3. The van der Waals surface area contributed by atoms with Crippen molar-refractivity contribution < 1.29 is 24.2 Å². The summed E-state index contributed by atoms with van der Waals surface area (Å²) >= 11 is 0. The molecule has 1 rings (SSSR count). The molecule has 0 aliphatic carbocycles. The molecule has 2 amide bonds. The van der Waals surface area contributed by atoms with Gasteiger partial charge in [0.15, 0.2) is 6.61 Å². The van der Waals surface area contributed by atoms with Gasteiger partial charge in [-0.05, 0) is 37.6 Å². The molecule has 1 atom stereocenters. The number of rotatable bonds is 7. The highest BCUT2D eigenvalue weighted by molar-refractivity contribution is 5.92. The van der Waals surface area contributed by atoms with Gasteiger partial charge in [0.25, 0.3) is 5.91 Å². The van der Waals surface area contributed by atoms with Gasteiger partial charge in [-0.25, -0.2) is 4.79 Å². The van der Waals surface area contributed by atoms with Gasteiger partial charge in [-0.3, -0.25) is 9.59 Å². The van der Waals surface area contributed by atoms with Crippen LogP contribution in [0.5, 0.6) is 5.75 Å². The zero-order valence-corrected chi connectivity index (χ0v) is 12.6. The van der Waals surface area contributed by atoms with Gasteiger partial charge in [-0.2, -0.15) is 0 Å². The molecular weight excluding hydrogens is 288 g/mol. The Hall–Kier alpha value is -2.57. The molecule has 3 N–H and O–H groups in total. The van der Waals surface area contributed by atoms with E-state index in [0.717, 1.165) is 6.42 Å². The molecule has 0 saturated heterocycles. The Morgan fingerprint density at radius 1 is 1.23 bits per heavy atom. The van der Waals surface area contributed by atoms with E-state index in [1.165, 1.54) is 24.3 Å². The smallest absolute Gasteiger partial charge is 0.338 e. The zero-order valence-electron chi connectivity index (χ0n) is 12.6. The van der Waals surface area contributed by atoms with Crippen LogP contribution in [0.15, 0.2) is 24.3 Å². The monoisotopic (exact) mass is 308 g/mol. The summed E-state index contributed by atoms with van der Waals surface area (Å²) < 4.78 is 4.83. The molecule has 0 saturated carbocycles. The Labute approximate surface area is 128 Å². The number of esters is 1. The van der Waals surface area contributed by atoms with Crippen LogP contribution in [-0.2, 0) is 14.3 Å². The van der Waals surface area contributed by atoms with E-state index in [1.54, 1.807) is 6.92 Å². The number of carbonyl (C=O) groups is 3. The van der Waals surface area contributed by atoms with Gasteiger partial charge in [0, 0.05) is 6.54 Å². The highest BCUT2D eigenvalue weighted by Gasteiger charge is 2.16. The summed E-state index contributed by atoms with van der Waals surface area (Å²) in [5, 5.41) is 14.2. The lowest BCUT2D eigenvalue weighted by Gasteiger charge is -2.13. The molecule has 0 heterocycles. The largest absolute Gasteiger partial charge is 0.508 e. The normalized spacial score (nSPS) is 11.4. The van der Waals surface area contributed by atoms with Crippen LogP contribution in [0.2, 0.25) is 0 Å². The lowest BCUT2D eigenvalue weighted by atomic mass is 10.2. The van der Waals surface area contributed by atoms with Crippen molar-refractivity contribution in [2.24, 2.45) is 0 Å². The van der Waals surface area contributed by atoms with Crippen LogP contribution in [-0.4, -0.2) is 42.1 Å². The number of phenols is 1. The second kappa shape index (κ2) is 8.66. The summed E-state index contributed by atoms with van der Waals surface area (Å²) in [6.07, 6.45) is 0.802. The fraction of sp³-hybridized carbons (Fsp3) is 0.400. The lowest BCUT2D eigenvalue weighted by molar-refractivity contribution is -0.130. The van der Waals surface area contributed by atoms with E-state index in [-0.39, 0.29) is 17.2 Å². The van der Waals surface area contributed by atoms with E-state index in [4.69, 9.17) is 9.84 Å². The second-order valence-corrected chi connectivity index (χ2v) is 4.70. The molecule has 0 bridgehead atoms. The molecule has 0 radical (unpaired) electrons. The summed E-state index contributed by atoms with van der Waals surface area (Å²) in [5.41, 5.74) is 0.222. The number of benzene rings is 1. The van der Waals surface area contributed by atoms with Gasteiger partial charge in [0.05, 0.1) is 5.56 Å². The summed E-state index contributed by atoms with van der Waals surface area (Å²) in [4.78, 5) is 34.8. The van der Waals surface area contributed by atoms with Gasteiger partial charge in [-0.1, -0.05) is 6.92 Å². The number of nitrogens with one attached hydrogen (secondary N) is 2. The van der Waals surface area contributed by atoms with Crippen molar-refractivity contribution in [3.8, 4) is 5.75 Å². The molecule has 7 nitrogen and oxygen atoms in total. The number of hydrogen-bond donors (Lipinski definition) is 3. The minimum absolute atomic E-state index is 0.0289. The van der Waals surface area contributed by atoms with E-state index in [0.29, 0.717) is 6.54 Å². The first-order chi connectivity index (χ1) is 10.4. The molecule has 0 unspecified atom stereocenters. The van der Waals surface area contributed by atoms with Crippen LogP contribution in [0.4, 0.5) is 0 Å². The topological polar surface area (TPSA) is 105 Å². The van der Waals surface area contributed by atoms with Crippen molar-refractivity contribution >= 4 is 17.8 Å². The Kier molecular flexibility index (Phi) is 6.88. The molecule has 7 heteroatoms. The Morgan fingerprint density at radius 2 is 1.86 bits per heavy atom. The molecule has 22 heavy (non-hydrogen) atoms. The van der Waals surface area contributed by atoms with Crippen molar-refractivity contribution in [2.75, 3.05) is 13.2 Å². The molecule has 1 aromatic rings. The van der Waals surface area contributed by atoms with Crippen LogP contribution in [0, 0.1) is 0 Å². The zero-order chi connectivity index (χ0) is 16.5. The second-order valence-electron chi connectivity index (χ2n) is 4.70. The van der Waals surface area contributed by atoms with Gasteiger partial charge in [0.1, 0.15) is 11.8 Å². The third-order valence-electron chi connectivity index (χ3n) is 2.76. The molecule has 0 fully saturated rings. The van der Waals surface area contributed by atoms with E-state index < -0.39 is 24.5 Å². The Bertz CT molecular complexity index is 527. The first kappa shape index (κ1) is 17.5. The Balaban J connectivity index is 2.37. The third kappa shape index (κ3) is 5.82. The maximum Gasteiger partial charge on any atom is 0.338 e. The SMILES string of the molecule is CCCNC(=O)[C@@H](C)NC(=O)COC(=O)c1ccc(O)cc1. The molecule has 0 spiro atoms. The lowest BCUT2D eigenvalue weighted by Crippen LogP contribution is -2.46. The van der Waals surface area contributed by atoms with Crippen LogP contribution in [0.3, 0.4) is 0 Å².